The van der Waals surface area contributed by atoms with Crippen LogP contribution >= 0.6 is 11.8 Å². The molecule has 16 heavy (non-hydrogen) atoms. The van der Waals surface area contributed by atoms with Crippen LogP contribution in [-0.2, 0) is 9.84 Å². The van der Waals surface area contributed by atoms with Gasteiger partial charge in [-0.05, 0) is 0 Å². The Morgan fingerprint density at radius 2 is 2.12 bits per heavy atom. The van der Waals surface area contributed by atoms with Crippen molar-refractivity contribution in [2.45, 2.75) is 12.1 Å². The first-order valence-electron chi connectivity index (χ1n) is 4.79. The second-order valence-electron chi connectivity index (χ2n) is 3.32. The Labute approximate surface area is 99.1 Å². The van der Waals surface area contributed by atoms with E-state index in [0.717, 1.165) is 5.75 Å². The van der Waals surface area contributed by atoms with Crippen molar-refractivity contribution in [1.29, 1.82) is 0 Å². The van der Waals surface area contributed by atoms with Gasteiger partial charge in [0, 0.05) is 32.0 Å². The minimum absolute atomic E-state index is 0.164. The van der Waals surface area contributed by atoms with Gasteiger partial charge in [0.25, 0.3) is 5.22 Å². The van der Waals surface area contributed by atoms with Gasteiger partial charge in [-0.15, -0.1) is 10.2 Å². The smallest absolute Gasteiger partial charge is 0.276 e. The summed E-state index contributed by atoms with van der Waals surface area (Å²) in [6, 6.07) is 0. The van der Waals surface area contributed by atoms with E-state index in [1.54, 1.807) is 6.92 Å². The summed E-state index contributed by atoms with van der Waals surface area (Å²) in [6.07, 6.45) is 1.23. The van der Waals surface area contributed by atoms with Gasteiger partial charge >= 0.3 is 0 Å². The van der Waals surface area contributed by atoms with Gasteiger partial charge in [-0.25, -0.2) is 8.42 Å². The van der Waals surface area contributed by atoms with Crippen molar-refractivity contribution < 1.29 is 12.8 Å². The molecule has 0 aromatic carbocycles. The number of rotatable bonds is 7. The van der Waals surface area contributed by atoms with Crippen molar-refractivity contribution in [2.24, 2.45) is 0 Å². The van der Waals surface area contributed by atoms with Crippen LogP contribution < -0.4 is 5.32 Å². The Morgan fingerprint density at radius 3 is 2.69 bits per heavy atom. The van der Waals surface area contributed by atoms with E-state index in [0.29, 0.717) is 24.2 Å². The largest absolute Gasteiger partial charge is 0.416 e. The highest BCUT2D eigenvalue weighted by Gasteiger charge is 2.03. The molecule has 0 aliphatic heterocycles. The molecule has 1 aromatic heterocycles. The second-order valence-corrected chi connectivity index (χ2v) is 6.62. The topological polar surface area (TPSA) is 85.1 Å². The monoisotopic (exact) mass is 265 g/mol. The number of thioether (sulfide) groups is 1. The number of nitrogens with one attached hydrogen (secondary N) is 1. The zero-order valence-electron chi connectivity index (χ0n) is 9.26. The minimum Gasteiger partial charge on any atom is -0.416 e. The summed E-state index contributed by atoms with van der Waals surface area (Å²) >= 11 is 1.45. The second kappa shape index (κ2) is 6.21. The summed E-state index contributed by atoms with van der Waals surface area (Å²) in [5.41, 5.74) is 0. The van der Waals surface area contributed by atoms with Gasteiger partial charge in [0.1, 0.15) is 9.84 Å². The Bertz CT molecular complexity index is 416. The molecule has 0 saturated carbocycles. The average molecular weight is 265 g/mol. The third-order valence-corrected chi connectivity index (χ3v) is 3.43. The predicted molar refractivity (Wildman–Crippen MR) is 62.3 cm³/mol. The first kappa shape index (κ1) is 13.5. The van der Waals surface area contributed by atoms with Gasteiger partial charge in [-0.1, -0.05) is 11.8 Å². The van der Waals surface area contributed by atoms with Crippen LogP contribution in [0.2, 0.25) is 0 Å². The lowest BCUT2D eigenvalue weighted by Crippen LogP contribution is -2.24. The molecule has 0 aliphatic carbocycles. The maximum absolute atomic E-state index is 10.8. The molecule has 0 radical (unpaired) electrons. The first-order valence-corrected chi connectivity index (χ1v) is 7.83. The van der Waals surface area contributed by atoms with Crippen molar-refractivity contribution >= 4 is 21.6 Å². The van der Waals surface area contributed by atoms with E-state index in [1.165, 1.54) is 18.0 Å². The maximum atomic E-state index is 10.8. The Morgan fingerprint density at radius 1 is 1.38 bits per heavy atom. The number of aryl methyl sites for hydroxylation is 1. The number of hydrogen-bond donors (Lipinski definition) is 1. The summed E-state index contributed by atoms with van der Waals surface area (Å²) in [5, 5.41) is 11.1. The molecule has 1 heterocycles. The van der Waals surface area contributed by atoms with Gasteiger partial charge < -0.3 is 9.73 Å². The van der Waals surface area contributed by atoms with Crippen LogP contribution in [0, 0.1) is 6.92 Å². The van der Waals surface area contributed by atoms with Crippen LogP contribution in [0.4, 0.5) is 0 Å². The molecule has 0 fully saturated rings. The molecule has 1 rings (SSSR count). The van der Waals surface area contributed by atoms with Gasteiger partial charge in [-0.3, -0.25) is 0 Å². The van der Waals surface area contributed by atoms with E-state index in [2.05, 4.69) is 15.5 Å². The molecule has 0 spiro atoms. The Hall–Kier alpha value is -0.600. The SMILES string of the molecule is Cc1nnc(SCCNCCS(C)(=O)=O)o1. The molecule has 0 saturated heterocycles. The molecule has 0 amide bonds. The van der Waals surface area contributed by atoms with Crippen molar-refractivity contribution in [3.63, 3.8) is 0 Å². The third-order valence-electron chi connectivity index (χ3n) is 1.66. The van der Waals surface area contributed by atoms with Crippen molar-refractivity contribution in [3.8, 4) is 0 Å². The Balaban J connectivity index is 2.04. The normalized spacial score (nSPS) is 11.9. The zero-order valence-corrected chi connectivity index (χ0v) is 10.9. The fourth-order valence-corrected chi connectivity index (χ4v) is 2.14. The van der Waals surface area contributed by atoms with Crippen LogP contribution in [0.3, 0.4) is 0 Å². The number of sulfone groups is 1. The Kier molecular flexibility index (Phi) is 5.23. The average Bonchev–Trinajstić information content (AvgIpc) is 2.56. The van der Waals surface area contributed by atoms with E-state index in [-0.39, 0.29) is 5.75 Å². The lowest BCUT2D eigenvalue weighted by Gasteiger charge is -2.01. The molecular weight excluding hydrogens is 250 g/mol. The van der Waals surface area contributed by atoms with Crippen LogP contribution in [0.5, 0.6) is 0 Å². The van der Waals surface area contributed by atoms with Gasteiger partial charge in [-0.2, -0.15) is 0 Å². The molecule has 8 heteroatoms. The maximum Gasteiger partial charge on any atom is 0.276 e. The van der Waals surface area contributed by atoms with Crippen LogP contribution in [0.1, 0.15) is 5.89 Å². The highest BCUT2D eigenvalue weighted by molar-refractivity contribution is 7.99. The van der Waals surface area contributed by atoms with E-state index in [9.17, 15) is 8.42 Å². The van der Waals surface area contributed by atoms with Gasteiger partial charge in [0.2, 0.25) is 5.89 Å². The highest BCUT2D eigenvalue weighted by Crippen LogP contribution is 2.14. The summed E-state index contributed by atoms with van der Waals surface area (Å²) in [5.74, 6) is 1.48. The summed E-state index contributed by atoms with van der Waals surface area (Å²) in [6.45, 7) is 2.92. The fourth-order valence-electron chi connectivity index (χ4n) is 0.930. The molecule has 0 aliphatic rings. The molecule has 6 nitrogen and oxygen atoms in total. The molecular formula is C8H15N3O3S2. The van der Waals surface area contributed by atoms with Crippen molar-refractivity contribution in [1.82, 2.24) is 15.5 Å². The van der Waals surface area contributed by atoms with E-state index in [4.69, 9.17) is 4.42 Å². The molecule has 1 aromatic rings. The van der Waals surface area contributed by atoms with Crippen molar-refractivity contribution in [3.05, 3.63) is 5.89 Å². The quantitative estimate of drug-likeness (QED) is 0.553. The minimum atomic E-state index is -2.87. The zero-order chi connectivity index (χ0) is 12.0. The summed E-state index contributed by atoms with van der Waals surface area (Å²) < 4.78 is 26.8. The molecule has 1 N–H and O–H groups in total. The molecule has 92 valence electrons. The summed E-state index contributed by atoms with van der Waals surface area (Å²) in [4.78, 5) is 0. The third kappa shape index (κ3) is 6.09. The van der Waals surface area contributed by atoms with E-state index in [1.807, 2.05) is 0 Å². The predicted octanol–water partition coefficient (Wildman–Crippen LogP) is 0.104. The van der Waals surface area contributed by atoms with Crippen LogP contribution in [0.15, 0.2) is 9.64 Å². The van der Waals surface area contributed by atoms with E-state index >= 15 is 0 Å². The van der Waals surface area contributed by atoms with Crippen LogP contribution in [-0.4, -0.2) is 49.5 Å². The lowest BCUT2D eigenvalue weighted by atomic mass is 10.7. The molecule has 0 atom stereocenters. The number of aromatic nitrogens is 2. The molecule has 0 unspecified atom stereocenters. The number of hydrogen-bond acceptors (Lipinski definition) is 7. The van der Waals surface area contributed by atoms with Gasteiger partial charge in [0.05, 0.1) is 5.75 Å². The highest BCUT2D eigenvalue weighted by atomic mass is 32.2. The number of nitrogens with zero attached hydrogens (tertiary/aromatic N) is 2. The standard InChI is InChI=1S/C8H15N3O3S2/c1-7-10-11-8(14-7)15-5-3-9-4-6-16(2,12)13/h9H,3-6H2,1-2H3. The first-order chi connectivity index (χ1) is 7.47. The lowest BCUT2D eigenvalue weighted by molar-refractivity contribution is 0.429. The van der Waals surface area contributed by atoms with Crippen molar-refractivity contribution in [2.75, 3.05) is 30.9 Å². The van der Waals surface area contributed by atoms with E-state index < -0.39 is 9.84 Å². The van der Waals surface area contributed by atoms with Crippen LogP contribution in [0.25, 0.3) is 0 Å². The summed E-state index contributed by atoms with van der Waals surface area (Å²) in [7, 11) is -2.87. The van der Waals surface area contributed by atoms with Gasteiger partial charge in [0.15, 0.2) is 0 Å². The fraction of sp³-hybridized carbons (Fsp3) is 0.750. The molecule has 0 bridgehead atoms.